The Morgan fingerprint density at radius 2 is 2.56 bits per heavy atom. The highest BCUT2D eigenvalue weighted by atomic mass is 16.5. The molecule has 1 aliphatic rings. The van der Waals surface area contributed by atoms with E-state index in [1.807, 2.05) is 6.07 Å². The van der Waals surface area contributed by atoms with Crippen LogP contribution in [-0.4, -0.2) is 35.7 Å². The van der Waals surface area contributed by atoms with Gasteiger partial charge in [0, 0.05) is 25.2 Å². The molecule has 0 saturated carbocycles. The highest BCUT2D eigenvalue weighted by molar-refractivity contribution is 4.95. The van der Waals surface area contributed by atoms with Gasteiger partial charge in [-0.2, -0.15) is 0 Å². The quantitative estimate of drug-likeness (QED) is 0.824. The zero-order chi connectivity index (χ0) is 11.2. The van der Waals surface area contributed by atoms with Crippen LogP contribution in [0, 0.1) is 0 Å². The van der Waals surface area contributed by atoms with Crippen molar-refractivity contribution in [3.8, 4) is 0 Å². The molecule has 90 valence electrons. The summed E-state index contributed by atoms with van der Waals surface area (Å²) in [5.41, 5.74) is 1.04. The molecule has 0 aromatic carbocycles. The molecule has 2 rings (SSSR count). The first kappa shape index (κ1) is 11.6. The molecule has 16 heavy (non-hydrogen) atoms. The number of piperidine rings is 1. The van der Waals surface area contributed by atoms with E-state index in [1.54, 1.807) is 6.26 Å². The van der Waals surface area contributed by atoms with Crippen LogP contribution in [0.15, 0.2) is 16.9 Å². The molecule has 1 aromatic heterocycles. The van der Waals surface area contributed by atoms with Gasteiger partial charge in [-0.25, -0.2) is 0 Å². The number of rotatable bonds is 5. The summed E-state index contributed by atoms with van der Waals surface area (Å²) in [7, 11) is 0. The molecule has 0 spiro atoms. The summed E-state index contributed by atoms with van der Waals surface area (Å²) in [4.78, 5) is 2.45. The van der Waals surface area contributed by atoms with Crippen LogP contribution in [0.5, 0.6) is 0 Å². The second-order valence-corrected chi connectivity index (χ2v) is 4.52. The molecule has 1 atom stereocenters. The lowest BCUT2D eigenvalue weighted by molar-refractivity contribution is 0.179. The Morgan fingerprint density at radius 1 is 1.62 bits per heavy atom. The lowest BCUT2D eigenvalue weighted by Gasteiger charge is -2.32. The van der Waals surface area contributed by atoms with Gasteiger partial charge < -0.3 is 9.84 Å². The van der Waals surface area contributed by atoms with Gasteiger partial charge in [0.15, 0.2) is 0 Å². The summed E-state index contributed by atoms with van der Waals surface area (Å²) in [5, 5.41) is 7.56. The molecule has 1 saturated heterocycles. The molecule has 4 heteroatoms. The lowest BCUT2D eigenvalue weighted by Crippen LogP contribution is -2.45. The predicted molar refractivity (Wildman–Crippen MR) is 63.1 cm³/mol. The van der Waals surface area contributed by atoms with Crippen molar-refractivity contribution in [1.82, 2.24) is 15.4 Å². The first-order valence-corrected chi connectivity index (χ1v) is 6.23. The van der Waals surface area contributed by atoms with Crippen LogP contribution in [0.1, 0.15) is 31.9 Å². The van der Waals surface area contributed by atoms with E-state index in [9.17, 15) is 0 Å². The number of nitrogens with one attached hydrogen (secondary N) is 1. The average molecular weight is 223 g/mol. The second-order valence-electron chi connectivity index (χ2n) is 4.52. The standard InChI is InChI=1S/C12H21N3O/c1-2-6-13-11-4-3-7-15(9-11)10-12-5-8-16-14-12/h5,8,11,13H,2-4,6-7,9-10H2,1H3. The first-order chi connectivity index (χ1) is 7.88. The number of likely N-dealkylation sites (tertiary alicyclic amines) is 1. The van der Waals surface area contributed by atoms with Gasteiger partial charge in [-0.3, -0.25) is 4.90 Å². The minimum atomic E-state index is 0.653. The van der Waals surface area contributed by atoms with Gasteiger partial charge in [-0.1, -0.05) is 12.1 Å². The topological polar surface area (TPSA) is 41.3 Å². The van der Waals surface area contributed by atoms with E-state index in [0.29, 0.717) is 6.04 Å². The molecule has 1 fully saturated rings. The van der Waals surface area contributed by atoms with E-state index in [1.165, 1.54) is 25.8 Å². The molecule has 0 radical (unpaired) electrons. The van der Waals surface area contributed by atoms with Crippen LogP contribution >= 0.6 is 0 Å². The molecule has 1 N–H and O–H groups in total. The minimum absolute atomic E-state index is 0.653. The highest BCUT2D eigenvalue weighted by Crippen LogP contribution is 2.12. The fourth-order valence-corrected chi connectivity index (χ4v) is 2.26. The third-order valence-electron chi connectivity index (χ3n) is 3.07. The number of nitrogens with zero attached hydrogens (tertiary/aromatic N) is 2. The first-order valence-electron chi connectivity index (χ1n) is 6.23. The van der Waals surface area contributed by atoms with Crippen LogP contribution in [0.2, 0.25) is 0 Å². The van der Waals surface area contributed by atoms with Crippen LogP contribution < -0.4 is 5.32 Å². The zero-order valence-electron chi connectivity index (χ0n) is 9.98. The van der Waals surface area contributed by atoms with Crippen molar-refractivity contribution < 1.29 is 4.52 Å². The van der Waals surface area contributed by atoms with E-state index < -0.39 is 0 Å². The van der Waals surface area contributed by atoms with Crippen LogP contribution in [0.3, 0.4) is 0 Å². The maximum Gasteiger partial charge on any atom is 0.124 e. The molecule has 1 aliphatic heterocycles. The Balaban J connectivity index is 1.77. The van der Waals surface area contributed by atoms with Crippen molar-refractivity contribution in [3.63, 3.8) is 0 Å². The molecule has 4 nitrogen and oxygen atoms in total. The summed E-state index contributed by atoms with van der Waals surface area (Å²) in [5.74, 6) is 0. The van der Waals surface area contributed by atoms with Gasteiger partial charge in [0.1, 0.15) is 6.26 Å². The summed E-state index contributed by atoms with van der Waals surface area (Å²) >= 11 is 0. The molecule has 1 unspecified atom stereocenters. The van der Waals surface area contributed by atoms with Gasteiger partial charge >= 0.3 is 0 Å². The molecule has 0 bridgehead atoms. The van der Waals surface area contributed by atoms with Gasteiger partial charge in [0.2, 0.25) is 0 Å². The number of aromatic nitrogens is 1. The lowest BCUT2D eigenvalue weighted by atomic mass is 10.1. The Morgan fingerprint density at radius 3 is 3.31 bits per heavy atom. The summed E-state index contributed by atoms with van der Waals surface area (Å²) in [6, 6.07) is 2.60. The predicted octanol–water partition coefficient (Wildman–Crippen LogP) is 1.64. The Kier molecular flexibility index (Phi) is 4.36. The minimum Gasteiger partial charge on any atom is -0.364 e. The van der Waals surface area contributed by atoms with Crippen molar-refractivity contribution in [3.05, 3.63) is 18.0 Å². The molecular weight excluding hydrogens is 202 g/mol. The Hall–Kier alpha value is -0.870. The van der Waals surface area contributed by atoms with Gasteiger partial charge in [0.25, 0.3) is 0 Å². The van der Waals surface area contributed by atoms with E-state index >= 15 is 0 Å². The Bertz CT molecular complexity index is 286. The smallest absolute Gasteiger partial charge is 0.124 e. The van der Waals surface area contributed by atoms with Gasteiger partial charge in [-0.15, -0.1) is 0 Å². The van der Waals surface area contributed by atoms with E-state index in [0.717, 1.165) is 25.3 Å². The SMILES string of the molecule is CCCNC1CCCN(Cc2ccon2)C1. The summed E-state index contributed by atoms with van der Waals surface area (Å²) < 4.78 is 4.86. The number of hydrogen-bond acceptors (Lipinski definition) is 4. The largest absolute Gasteiger partial charge is 0.364 e. The maximum atomic E-state index is 4.86. The summed E-state index contributed by atoms with van der Waals surface area (Å²) in [6.45, 7) is 6.57. The third kappa shape index (κ3) is 3.32. The van der Waals surface area contributed by atoms with Crippen molar-refractivity contribution in [2.75, 3.05) is 19.6 Å². The van der Waals surface area contributed by atoms with Crippen molar-refractivity contribution >= 4 is 0 Å². The average Bonchev–Trinajstić information content (AvgIpc) is 2.80. The van der Waals surface area contributed by atoms with Gasteiger partial charge in [0.05, 0.1) is 5.69 Å². The third-order valence-corrected chi connectivity index (χ3v) is 3.07. The van der Waals surface area contributed by atoms with Crippen LogP contribution in [0.4, 0.5) is 0 Å². The molecule has 1 aromatic rings. The molecule has 2 heterocycles. The van der Waals surface area contributed by atoms with Crippen LogP contribution in [-0.2, 0) is 6.54 Å². The number of hydrogen-bond donors (Lipinski definition) is 1. The van der Waals surface area contributed by atoms with E-state index in [2.05, 4.69) is 22.3 Å². The fraction of sp³-hybridized carbons (Fsp3) is 0.750. The Labute approximate surface area is 97.0 Å². The van der Waals surface area contributed by atoms with E-state index in [4.69, 9.17) is 4.52 Å². The molecule has 0 amide bonds. The van der Waals surface area contributed by atoms with Crippen LogP contribution in [0.25, 0.3) is 0 Å². The second kappa shape index (κ2) is 6.01. The van der Waals surface area contributed by atoms with E-state index in [-0.39, 0.29) is 0 Å². The highest BCUT2D eigenvalue weighted by Gasteiger charge is 2.19. The molecular formula is C12H21N3O. The maximum absolute atomic E-state index is 4.86. The van der Waals surface area contributed by atoms with Gasteiger partial charge in [-0.05, 0) is 32.4 Å². The fourth-order valence-electron chi connectivity index (χ4n) is 2.26. The summed E-state index contributed by atoms with van der Waals surface area (Å²) in [6.07, 6.45) is 5.43. The zero-order valence-corrected chi connectivity index (χ0v) is 9.98. The van der Waals surface area contributed by atoms with Crippen molar-refractivity contribution in [1.29, 1.82) is 0 Å². The van der Waals surface area contributed by atoms with Crippen molar-refractivity contribution in [2.24, 2.45) is 0 Å². The normalized spacial score (nSPS) is 22.4. The van der Waals surface area contributed by atoms with Crippen molar-refractivity contribution in [2.45, 2.75) is 38.8 Å². The monoisotopic (exact) mass is 223 g/mol. The molecule has 0 aliphatic carbocycles.